The third-order valence-corrected chi connectivity index (χ3v) is 3.66. The molecular weight excluding hydrogens is 259 g/mol. The van der Waals surface area contributed by atoms with Gasteiger partial charge in [0.25, 0.3) is 0 Å². The molecule has 1 aromatic rings. The highest BCUT2D eigenvalue weighted by Crippen LogP contribution is 2.33. The predicted octanol–water partition coefficient (Wildman–Crippen LogP) is 1.21. The van der Waals surface area contributed by atoms with E-state index in [-0.39, 0.29) is 16.5 Å². The van der Waals surface area contributed by atoms with Crippen molar-refractivity contribution in [2.45, 2.75) is 24.2 Å². The summed E-state index contributed by atoms with van der Waals surface area (Å²) < 4.78 is 35.6. The number of nitrogens with one attached hydrogen (secondary N) is 1. The lowest BCUT2D eigenvalue weighted by atomic mass is 10.2. The number of nitrogens with two attached hydrogens (primary N) is 1. The summed E-state index contributed by atoms with van der Waals surface area (Å²) in [4.78, 5) is 11.3. The topological polar surface area (TPSA) is 89.3 Å². The summed E-state index contributed by atoms with van der Waals surface area (Å²) in [6.07, 6.45) is 2.32. The Bertz CT molecular complexity index is 582. The molecule has 1 saturated carbocycles. The summed E-state index contributed by atoms with van der Waals surface area (Å²) in [5.74, 6) is -0.603. The molecule has 0 atom stereocenters. The van der Waals surface area contributed by atoms with Gasteiger partial charge in [-0.1, -0.05) is 0 Å². The van der Waals surface area contributed by atoms with Gasteiger partial charge in [0.15, 0.2) is 0 Å². The van der Waals surface area contributed by atoms with Crippen molar-refractivity contribution in [2.75, 3.05) is 5.32 Å². The molecule has 0 saturated heterocycles. The van der Waals surface area contributed by atoms with E-state index in [1.807, 2.05) is 0 Å². The smallest absolute Gasteiger partial charge is 0.240 e. The van der Waals surface area contributed by atoms with Crippen LogP contribution in [0.25, 0.3) is 0 Å². The van der Waals surface area contributed by atoms with Crippen LogP contribution in [-0.4, -0.2) is 14.3 Å². The van der Waals surface area contributed by atoms with E-state index in [1.54, 1.807) is 0 Å². The van der Waals surface area contributed by atoms with Gasteiger partial charge in [0, 0.05) is 6.42 Å². The molecule has 0 unspecified atom stereocenters. The third-order valence-electron chi connectivity index (χ3n) is 2.69. The molecule has 3 N–H and O–H groups in total. The fraction of sp³-hybridized carbons (Fsp3) is 0.364. The highest BCUT2D eigenvalue weighted by molar-refractivity contribution is 7.89. The van der Waals surface area contributed by atoms with Gasteiger partial charge in [-0.2, -0.15) is 0 Å². The van der Waals surface area contributed by atoms with E-state index in [1.165, 1.54) is 0 Å². The number of primary sulfonamides is 1. The summed E-state index contributed by atoms with van der Waals surface area (Å²) >= 11 is 0. The van der Waals surface area contributed by atoms with Gasteiger partial charge in [0.1, 0.15) is 10.7 Å². The summed E-state index contributed by atoms with van der Waals surface area (Å²) in [5, 5.41) is 7.39. The van der Waals surface area contributed by atoms with Crippen LogP contribution in [0.4, 0.5) is 10.1 Å². The van der Waals surface area contributed by atoms with E-state index in [0.717, 1.165) is 31.0 Å². The van der Waals surface area contributed by atoms with Crippen molar-refractivity contribution < 1.29 is 17.6 Å². The number of carbonyl (C=O) groups excluding carboxylic acids is 1. The van der Waals surface area contributed by atoms with E-state index in [2.05, 4.69) is 5.32 Å². The summed E-state index contributed by atoms with van der Waals surface area (Å²) in [6, 6.07) is 2.97. The summed E-state index contributed by atoms with van der Waals surface area (Å²) in [6.45, 7) is 0. The number of carbonyl (C=O) groups is 1. The zero-order valence-electron chi connectivity index (χ0n) is 9.52. The Morgan fingerprint density at radius 1 is 1.44 bits per heavy atom. The van der Waals surface area contributed by atoms with Crippen molar-refractivity contribution in [3.05, 3.63) is 24.0 Å². The number of hydrogen-bond donors (Lipinski definition) is 2. The third kappa shape index (κ3) is 3.27. The van der Waals surface area contributed by atoms with Crippen LogP contribution in [0.15, 0.2) is 23.1 Å². The van der Waals surface area contributed by atoms with Crippen LogP contribution in [0, 0.1) is 11.7 Å². The first kappa shape index (κ1) is 13.0. The zero-order valence-corrected chi connectivity index (χ0v) is 10.3. The van der Waals surface area contributed by atoms with Crippen molar-refractivity contribution in [3.63, 3.8) is 0 Å². The monoisotopic (exact) mass is 272 g/mol. The molecule has 1 amide bonds. The average Bonchev–Trinajstić information content (AvgIpc) is 2.99. The lowest BCUT2D eigenvalue weighted by molar-refractivity contribution is -0.116. The maximum Gasteiger partial charge on any atom is 0.240 e. The lowest BCUT2D eigenvalue weighted by Gasteiger charge is -2.09. The number of hydrogen-bond acceptors (Lipinski definition) is 3. The van der Waals surface area contributed by atoms with Gasteiger partial charge in [-0.05, 0) is 37.0 Å². The van der Waals surface area contributed by atoms with E-state index in [9.17, 15) is 17.6 Å². The Kier molecular flexibility index (Phi) is 3.36. The second kappa shape index (κ2) is 4.66. The van der Waals surface area contributed by atoms with Crippen molar-refractivity contribution >= 4 is 21.6 Å². The highest BCUT2D eigenvalue weighted by Gasteiger charge is 2.25. The van der Waals surface area contributed by atoms with E-state index in [4.69, 9.17) is 5.14 Å². The van der Waals surface area contributed by atoms with Gasteiger partial charge >= 0.3 is 0 Å². The van der Waals surface area contributed by atoms with Crippen LogP contribution in [0.1, 0.15) is 19.3 Å². The molecule has 98 valence electrons. The molecule has 0 heterocycles. The van der Waals surface area contributed by atoms with Crippen LogP contribution >= 0.6 is 0 Å². The molecule has 2 rings (SSSR count). The van der Waals surface area contributed by atoms with Crippen LogP contribution in [-0.2, 0) is 14.8 Å². The number of halogens is 1. The van der Waals surface area contributed by atoms with Crippen molar-refractivity contribution in [3.8, 4) is 0 Å². The Labute approximate surface area is 104 Å². The minimum Gasteiger partial charge on any atom is -0.325 e. The van der Waals surface area contributed by atoms with Crippen LogP contribution in [0.2, 0.25) is 0 Å². The fourth-order valence-corrected chi connectivity index (χ4v) is 2.31. The molecule has 0 radical (unpaired) electrons. The molecule has 0 bridgehead atoms. The Balaban J connectivity index is 2.24. The molecule has 1 aromatic carbocycles. The van der Waals surface area contributed by atoms with Gasteiger partial charge in [0.05, 0.1) is 5.69 Å². The SMILES string of the molecule is NS(=O)(=O)c1ccc(F)cc1NC(=O)CC1CC1. The highest BCUT2D eigenvalue weighted by atomic mass is 32.2. The van der Waals surface area contributed by atoms with Crippen LogP contribution in [0.5, 0.6) is 0 Å². The normalized spacial score (nSPS) is 15.4. The molecule has 7 heteroatoms. The molecule has 0 spiro atoms. The molecular formula is C11H13FN2O3S. The number of rotatable bonds is 4. The molecule has 1 fully saturated rings. The number of anilines is 1. The average molecular weight is 272 g/mol. The lowest BCUT2D eigenvalue weighted by Crippen LogP contribution is -2.18. The summed E-state index contributed by atoms with van der Waals surface area (Å²) in [5.41, 5.74) is -0.108. The minimum atomic E-state index is -3.99. The summed E-state index contributed by atoms with van der Waals surface area (Å²) in [7, 11) is -3.99. The van der Waals surface area contributed by atoms with Gasteiger partial charge in [0.2, 0.25) is 15.9 Å². The molecule has 5 nitrogen and oxygen atoms in total. The first-order valence-corrected chi connectivity index (χ1v) is 7.03. The van der Waals surface area contributed by atoms with Crippen molar-refractivity contribution in [1.82, 2.24) is 0 Å². The van der Waals surface area contributed by atoms with E-state index in [0.29, 0.717) is 12.3 Å². The van der Waals surface area contributed by atoms with Gasteiger partial charge < -0.3 is 5.32 Å². The Morgan fingerprint density at radius 2 is 2.11 bits per heavy atom. The van der Waals surface area contributed by atoms with Gasteiger partial charge in [-0.15, -0.1) is 0 Å². The minimum absolute atomic E-state index is 0.108. The maximum absolute atomic E-state index is 13.1. The molecule has 0 aliphatic heterocycles. The van der Waals surface area contributed by atoms with Gasteiger partial charge in [-0.25, -0.2) is 17.9 Å². The number of sulfonamides is 1. The van der Waals surface area contributed by atoms with Crippen molar-refractivity contribution in [1.29, 1.82) is 0 Å². The van der Waals surface area contributed by atoms with E-state index >= 15 is 0 Å². The molecule has 1 aliphatic carbocycles. The van der Waals surface area contributed by atoms with E-state index < -0.39 is 15.8 Å². The van der Waals surface area contributed by atoms with Crippen LogP contribution < -0.4 is 10.5 Å². The standard InChI is InChI=1S/C11H13FN2O3S/c12-8-3-4-10(18(13,16)17)9(6-8)14-11(15)5-7-1-2-7/h3-4,6-7H,1-2,5H2,(H,14,15)(H2,13,16,17). The molecule has 0 aromatic heterocycles. The zero-order chi connectivity index (χ0) is 13.3. The largest absolute Gasteiger partial charge is 0.325 e. The number of benzene rings is 1. The van der Waals surface area contributed by atoms with Gasteiger partial charge in [-0.3, -0.25) is 4.79 Å². The fourth-order valence-electron chi connectivity index (χ4n) is 1.63. The van der Waals surface area contributed by atoms with Crippen LogP contribution in [0.3, 0.4) is 0 Å². The first-order valence-electron chi connectivity index (χ1n) is 5.48. The number of amides is 1. The quantitative estimate of drug-likeness (QED) is 0.863. The second-order valence-electron chi connectivity index (χ2n) is 4.38. The Morgan fingerprint density at radius 3 is 2.67 bits per heavy atom. The first-order chi connectivity index (χ1) is 8.36. The predicted molar refractivity (Wildman–Crippen MR) is 63.7 cm³/mol. The molecule has 18 heavy (non-hydrogen) atoms. The van der Waals surface area contributed by atoms with Crippen molar-refractivity contribution in [2.24, 2.45) is 11.1 Å². The Hall–Kier alpha value is -1.47. The molecule has 1 aliphatic rings. The maximum atomic E-state index is 13.1. The second-order valence-corrected chi connectivity index (χ2v) is 5.91.